The fraction of sp³-hybridized carbons (Fsp3) is 1.00. The lowest BCUT2D eigenvalue weighted by Gasteiger charge is -2.38. The van der Waals surface area contributed by atoms with E-state index < -0.39 is 0 Å². The second-order valence-electron chi connectivity index (χ2n) is 6.82. The van der Waals surface area contributed by atoms with Crippen molar-refractivity contribution < 1.29 is 0 Å². The van der Waals surface area contributed by atoms with Gasteiger partial charge in [0, 0.05) is 24.7 Å². The van der Waals surface area contributed by atoms with Crippen LogP contribution in [0.25, 0.3) is 0 Å². The third-order valence-electron chi connectivity index (χ3n) is 5.07. The van der Waals surface area contributed by atoms with E-state index in [0.29, 0.717) is 6.04 Å². The quantitative estimate of drug-likeness (QED) is 0.796. The molecule has 2 rings (SSSR count). The molecule has 1 N–H and O–H groups in total. The van der Waals surface area contributed by atoms with Crippen molar-refractivity contribution in [3.63, 3.8) is 0 Å². The molecule has 1 aliphatic carbocycles. The first-order valence-corrected chi connectivity index (χ1v) is 8.29. The number of rotatable bonds is 6. The Kier molecular flexibility index (Phi) is 5.67. The summed E-state index contributed by atoms with van der Waals surface area (Å²) in [5.41, 5.74) is 0. The molecule has 3 atom stereocenters. The molecule has 0 aromatic heterocycles. The molecular weight excluding hydrogens is 234 g/mol. The molecule has 0 bridgehead atoms. The molecule has 0 spiro atoms. The van der Waals surface area contributed by atoms with Crippen molar-refractivity contribution in [3.05, 3.63) is 0 Å². The van der Waals surface area contributed by atoms with Gasteiger partial charge in [0.25, 0.3) is 0 Å². The normalized spacial score (nSPS) is 30.0. The molecular formula is C16H33N3. The van der Waals surface area contributed by atoms with Gasteiger partial charge in [-0.25, -0.2) is 0 Å². The molecule has 3 heteroatoms. The van der Waals surface area contributed by atoms with E-state index in [2.05, 4.69) is 42.9 Å². The predicted molar refractivity (Wildman–Crippen MR) is 82.5 cm³/mol. The molecule has 112 valence electrons. The zero-order valence-electron chi connectivity index (χ0n) is 13.4. The first-order chi connectivity index (χ1) is 9.11. The lowest BCUT2D eigenvalue weighted by Crippen LogP contribution is -2.49. The average Bonchev–Trinajstić information content (AvgIpc) is 3.22. The average molecular weight is 267 g/mol. The maximum absolute atomic E-state index is 3.70. The van der Waals surface area contributed by atoms with Gasteiger partial charge in [-0.3, -0.25) is 4.90 Å². The van der Waals surface area contributed by atoms with Crippen LogP contribution < -0.4 is 5.32 Å². The molecule has 2 fully saturated rings. The summed E-state index contributed by atoms with van der Waals surface area (Å²) < 4.78 is 0. The molecule has 1 saturated heterocycles. The summed E-state index contributed by atoms with van der Waals surface area (Å²) in [6, 6.07) is 2.28. The summed E-state index contributed by atoms with van der Waals surface area (Å²) >= 11 is 0. The van der Waals surface area contributed by atoms with E-state index in [4.69, 9.17) is 0 Å². The van der Waals surface area contributed by atoms with Gasteiger partial charge in [-0.15, -0.1) is 0 Å². The van der Waals surface area contributed by atoms with E-state index >= 15 is 0 Å². The third-order valence-corrected chi connectivity index (χ3v) is 5.07. The Bertz CT molecular complexity index is 265. The van der Waals surface area contributed by atoms with Crippen LogP contribution in [0, 0.1) is 5.92 Å². The van der Waals surface area contributed by atoms with Gasteiger partial charge in [0.15, 0.2) is 0 Å². The molecule has 1 heterocycles. The number of hydrogen-bond donors (Lipinski definition) is 1. The van der Waals surface area contributed by atoms with E-state index in [-0.39, 0.29) is 0 Å². The van der Waals surface area contributed by atoms with E-state index in [0.717, 1.165) is 18.0 Å². The van der Waals surface area contributed by atoms with Crippen molar-refractivity contribution in [2.24, 2.45) is 5.92 Å². The van der Waals surface area contributed by atoms with Crippen molar-refractivity contribution >= 4 is 0 Å². The highest BCUT2D eigenvalue weighted by molar-refractivity contribution is 4.86. The minimum absolute atomic E-state index is 0.697. The van der Waals surface area contributed by atoms with Crippen LogP contribution >= 0.6 is 0 Å². The molecule has 1 aliphatic heterocycles. The van der Waals surface area contributed by atoms with E-state index in [9.17, 15) is 0 Å². The van der Waals surface area contributed by atoms with E-state index in [1.54, 1.807) is 0 Å². The Labute approximate surface area is 119 Å². The zero-order chi connectivity index (χ0) is 13.8. The van der Waals surface area contributed by atoms with Crippen LogP contribution in [-0.4, -0.2) is 61.2 Å². The number of nitrogens with zero attached hydrogens (tertiary/aromatic N) is 2. The molecule has 19 heavy (non-hydrogen) atoms. The Morgan fingerprint density at radius 3 is 2.58 bits per heavy atom. The van der Waals surface area contributed by atoms with Crippen LogP contribution in [0.1, 0.15) is 46.5 Å². The Morgan fingerprint density at radius 1 is 1.21 bits per heavy atom. The topological polar surface area (TPSA) is 18.5 Å². The summed E-state index contributed by atoms with van der Waals surface area (Å²) in [4.78, 5) is 5.29. The molecule has 0 aromatic carbocycles. The highest BCUT2D eigenvalue weighted by Gasteiger charge is 2.29. The van der Waals surface area contributed by atoms with Crippen molar-refractivity contribution in [1.29, 1.82) is 0 Å². The van der Waals surface area contributed by atoms with Crippen molar-refractivity contribution in [3.8, 4) is 0 Å². The highest BCUT2D eigenvalue weighted by Crippen LogP contribution is 2.22. The maximum atomic E-state index is 3.70. The third kappa shape index (κ3) is 4.44. The Hall–Kier alpha value is -0.120. The first kappa shape index (κ1) is 15.3. The molecule has 0 radical (unpaired) electrons. The lowest BCUT2D eigenvalue weighted by molar-refractivity contribution is 0.103. The summed E-state index contributed by atoms with van der Waals surface area (Å²) in [5.74, 6) is 0.748. The van der Waals surface area contributed by atoms with Gasteiger partial charge in [-0.1, -0.05) is 13.8 Å². The van der Waals surface area contributed by atoms with Crippen molar-refractivity contribution in [1.82, 2.24) is 15.1 Å². The first-order valence-electron chi connectivity index (χ1n) is 8.29. The molecule has 2 aliphatic rings. The van der Waals surface area contributed by atoms with Gasteiger partial charge < -0.3 is 10.2 Å². The van der Waals surface area contributed by atoms with Crippen molar-refractivity contribution in [2.75, 3.05) is 33.2 Å². The molecule has 0 amide bonds. The molecule has 0 aromatic rings. The predicted octanol–water partition coefficient (Wildman–Crippen LogP) is 2.18. The van der Waals surface area contributed by atoms with Gasteiger partial charge in [0.1, 0.15) is 0 Å². The summed E-state index contributed by atoms with van der Waals surface area (Å²) in [5, 5.41) is 3.70. The zero-order valence-corrected chi connectivity index (χ0v) is 13.4. The fourth-order valence-electron chi connectivity index (χ4n) is 3.30. The monoisotopic (exact) mass is 267 g/mol. The lowest BCUT2D eigenvalue weighted by atomic mass is 9.99. The standard InChI is InChI=1S/C16H33N3/c1-5-16-12-18(4)9-6-10-19(16)14(3)13(2)11-17-15-7-8-15/h13-17H,5-12H2,1-4H3. The van der Waals surface area contributed by atoms with Crippen LogP contribution in [-0.2, 0) is 0 Å². The number of hydrogen-bond acceptors (Lipinski definition) is 3. The summed E-state index contributed by atoms with van der Waals surface area (Å²) in [6.07, 6.45) is 5.39. The highest BCUT2D eigenvalue weighted by atomic mass is 15.3. The minimum atomic E-state index is 0.697. The number of nitrogens with one attached hydrogen (secondary N) is 1. The number of likely N-dealkylation sites (N-methyl/N-ethyl adjacent to an activating group) is 1. The minimum Gasteiger partial charge on any atom is -0.314 e. The van der Waals surface area contributed by atoms with Gasteiger partial charge in [0.2, 0.25) is 0 Å². The van der Waals surface area contributed by atoms with Gasteiger partial charge in [-0.2, -0.15) is 0 Å². The van der Waals surface area contributed by atoms with Crippen LogP contribution in [0.4, 0.5) is 0 Å². The SMILES string of the molecule is CCC1CN(C)CCCN1C(C)C(C)CNC1CC1. The molecule has 1 saturated carbocycles. The van der Waals surface area contributed by atoms with Crippen LogP contribution in [0.3, 0.4) is 0 Å². The largest absolute Gasteiger partial charge is 0.314 e. The Morgan fingerprint density at radius 2 is 1.95 bits per heavy atom. The van der Waals surface area contributed by atoms with E-state index in [1.165, 1.54) is 51.9 Å². The summed E-state index contributed by atoms with van der Waals surface area (Å²) in [7, 11) is 2.27. The smallest absolute Gasteiger partial charge is 0.0223 e. The second-order valence-corrected chi connectivity index (χ2v) is 6.82. The molecule has 3 unspecified atom stereocenters. The van der Waals surface area contributed by atoms with Crippen LogP contribution in [0.2, 0.25) is 0 Å². The fourth-order valence-corrected chi connectivity index (χ4v) is 3.30. The van der Waals surface area contributed by atoms with Crippen LogP contribution in [0.15, 0.2) is 0 Å². The van der Waals surface area contributed by atoms with Gasteiger partial charge in [0.05, 0.1) is 0 Å². The van der Waals surface area contributed by atoms with Crippen LogP contribution in [0.5, 0.6) is 0 Å². The van der Waals surface area contributed by atoms with Crippen molar-refractivity contribution in [2.45, 2.75) is 64.6 Å². The maximum Gasteiger partial charge on any atom is 0.0223 e. The summed E-state index contributed by atoms with van der Waals surface area (Å²) in [6.45, 7) is 12.2. The van der Waals surface area contributed by atoms with Gasteiger partial charge in [-0.05, 0) is 65.2 Å². The second kappa shape index (κ2) is 7.05. The van der Waals surface area contributed by atoms with Gasteiger partial charge >= 0.3 is 0 Å². The Balaban J connectivity index is 1.87. The van der Waals surface area contributed by atoms with E-state index in [1.807, 2.05) is 0 Å². The molecule has 3 nitrogen and oxygen atoms in total.